The molecule has 0 fully saturated rings. The molecular weight excluding hydrogens is 308 g/mol. The minimum atomic E-state index is -0.327. The van der Waals surface area contributed by atoms with Gasteiger partial charge >= 0.3 is 0 Å². The van der Waals surface area contributed by atoms with Gasteiger partial charge in [0.25, 0.3) is 0 Å². The molecule has 0 aliphatic heterocycles. The van der Waals surface area contributed by atoms with E-state index < -0.39 is 0 Å². The van der Waals surface area contributed by atoms with Gasteiger partial charge < -0.3 is 19.6 Å². The van der Waals surface area contributed by atoms with Crippen molar-refractivity contribution in [2.75, 3.05) is 12.4 Å². The number of ether oxygens (including phenoxy) is 1. The number of methoxy groups -OCH3 is 1. The van der Waals surface area contributed by atoms with E-state index in [9.17, 15) is 9.90 Å². The second-order valence-electron chi connectivity index (χ2n) is 5.03. The molecule has 6 nitrogen and oxygen atoms in total. The normalized spacial score (nSPS) is 11.1. The van der Waals surface area contributed by atoms with Crippen molar-refractivity contribution >= 4 is 28.8 Å². The summed E-state index contributed by atoms with van der Waals surface area (Å²) in [6.45, 7) is -0.175. The fourth-order valence-electron chi connectivity index (χ4n) is 2.27. The van der Waals surface area contributed by atoms with Crippen LogP contribution in [0.1, 0.15) is 11.5 Å². The number of amides is 1. The lowest BCUT2D eigenvalue weighted by Crippen LogP contribution is -2.08. The van der Waals surface area contributed by atoms with E-state index in [1.54, 1.807) is 18.2 Å². The Morgan fingerprint density at radius 2 is 2.17 bits per heavy atom. The van der Waals surface area contributed by atoms with E-state index in [1.807, 2.05) is 24.3 Å². The summed E-state index contributed by atoms with van der Waals surface area (Å²) in [5, 5.41) is 12.0. The number of rotatable bonds is 5. The molecule has 1 aromatic heterocycles. The Morgan fingerprint density at radius 3 is 2.92 bits per heavy atom. The van der Waals surface area contributed by atoms with Crippen molar-refractivity contribution in [3.63, 3.8) is 0 Å². The first-order valence-corrected chi connectivity index (χ1v) is 7.32. The van der Waals surface area contributed by atoms with Crippen LogP contribution >= 0.6 is 0 Å². The maximum Gasteiger partial charge on any atom is 0.248 e. The first-order valence-electron chi connectivity index (χ1n) is 7.32. The molecule has 0 atom stereocenters. The molecule has 24 heavy (non-hydrogen) atoms. The average Bonchev–Trinajstić information content (AvgIpc) is 3.03. The van der Waals surface area contributed by atoms with Crippen LogP contribution in [0.15, 0.2) is 53.0 Å². The van der Waals surface area contributed by atoms with Gasteiger partial charge in [0.1, 0.15) is 11.3 Å². The van der Waals surface area contributed by atoms with Crippen LogP contribution in [0.25, 0.3) is 17.2 Å². The number of aliphatic hydroxyl groups is 1. The maximum atomic E-state index is 12.0. The number of carbonyl (C=O) groups excluding carboxylic acids is 1. The van der Waals surface area contributed by atoms with E-state index in [2.05, 4.69) is 10.3 Å². The largest absolute Gasteiger partial charge is 0.496 e. The summed E-state index contributed by atoms with van der Waals surface area (Å²) in [4.78, 5) is 16.3. The highest BCUT2D eigenvalue weighted by atomic mass is 16.5. The molecule has 3 aromatic rings. The molecule has 0 aliphatic carbocycles. The molecule has 1 heterocycles. The first-order chi connectivity index (χ1) is 11.7. The monoisotopic (exact) mass is 324 g/mol. The van der Waals surface area contributed by atoms with Crippen molar-refractivity contribution < 1.29 is 19.1 Å². The van der Waals surface area contributed by atoms with Crippen LogP contribution in [0, 0.1) is 0 Å². The number of hydrogen-bond acceptors (Lipinski definition) is 5. The van der Waals surface area contributed by atoms with Crippen molar-refractivity contribution in [1.82, 2.24) is 4.98 Å². The minimum absolute atomic E-state index is 0.175. The van der Waals surface area contributed by atoms with E-state index in [0.717, 1.165) is 5.52 Å². The quantitative estimate of drug-likeness (QED) is 0.705. The second kappa shape index (κ2) is 6.97. The van der Waals surface area contributed by atoms with Crippen molar-refractivity contribution in [3.05, 3.63) is 60.0 Å². The van der Waals surface area contributed by atoms with Crippen molar-refractivity contribution in [1.29, 1.82) is 0 Å². The Kier molecular flexibility index (Phi) is 4.58. The third-order valence-electron chi connectivity index (χ3n) is 3.41. The van der Waals surface area contributed by atoms with Crippen LogP contribution in [-0.2, 0) is 11.4 Å². The Hall–Kier alpha value is -3.12. The van der Waals surface area contributed by atoms with Gasteiger partial charge in [-0.05, 0) is 30.3 Å². The van der Waals surface area contributed by atoms with Crippen LogP contribution < -0.4 is 10.1 Å². The van der Waals surface area contributed by atoms with E-state index in [1.165, 1.54) is 19.3 Å². The van der Waals surface area contributed by atoms with E-state index >= 15 is 0 Å². The van der Waals surface area contributed by atoms with Crippen LogP contribution in [0.5, 0.6) is 5.75 Å². The highest BCUT2D eigenvalue weighted by Gasteiger charge is 2.06. The molecule has 1 amide bonds. The van der Waals surface area contributed by atoms with E-state index in [4.69, 9.17) is 9.15 Å². The number of carbonyl (C=O) groups is 1. The number of hydrogen-bond donors (Lipinski definition) is 2. The van der Waals surface area contributed by atoms with Gasteiger partial charge in [-0.2, -0.15) is 0 Å². The van der Waals surface area contributed by atoms with Crippen LogP contribution in [0.2, 0.25) is 0 Å². The molecule has 122 valence electrons. The van der Waals surface area contributed by atoms with Crippen molar-refractivity contribution in [2.24, 2.45) is 0 Å². The van der Waals surface area contributed by atoms with E-state index in [0.29, 0.717) is 28.5 Å². The van der Waals surface area contributed by atoms with Crippen LogP contribution in [-0.4, -0.2) is 23.1 Å². The molecule has 0 aliphatic rings. The number of nitrogens with one attached hydrogen (secondary N) is 1. The molecular formula is C18H16N2O4. The highest BCUT2D eigenvalue weighted by molar-refractivity contribution is 6.01. The van der Waals surface area contributed by atoms with Gasteiger partial charge in [-0.3, -0.25) is 4.79 Å². The predicted octanol–water partition coefficient (Wildman–Crippen LogP) is 2.98. The fraction of sp³-hybridized carbons (Fsp3) is 0.111. The lowest BCUT2D eigenvalue weighted by atomic mass is 10.2. The summed E-state index contributed by atoms with van der Waals surface area (Å²) in [5.41, 5.74) is 2.56. The zero-order chi connectivity index (χ0) is 16.9. The molecule has 0 radical (unpaired) electrons. The highest BCUT2D eigenvalue weighted by Crippen LogP contribution is 2.22. The molecule has 6 heteroatoms. The summed E-state index contributed by atoms with van der Waals surface area (Å²) < 4.78 is 10.6. The van der Waals surface area contributed by atoms with E-state index in [-0.39, 0.29) is 12.5 Å². The molecule has 0 unspecified atom stereocenters. The number of oxazole rings is 1. The minimum Gasteiger partial charge on any atom is -0.496 e. The number of fused-ring (bicyclic) bond motifs is 1. The Balaban J connectivity index is 1.70. The Morgan fingerprint density at radius 1 is 1.33 bits per heavy atom. The summed E-state index contributed by atoms with van der Waals surface area (Å²) in [6, 6.07) is 12.4. The zero-order valence-corrected chi connectivity index (χ0v) is 13.0. The topological polar surface area (TPSA) is 84.6 Å². The number of nitrogens with zero attached hydrogens (tertiary/aromatic N) is 1. The molecule has 0 saturated carbocycles. The number of para-hydroxylation sites is 2. The molecule has 0 bridgehead atoms. The van der Waals surface area contributed by atoms with Gasteiger partial charge in [-0.1, -0.05) is 12.1 Å². The number of benzene rings is 2. The van der Waals surface area contributed by atoms with Gasteiger partial charge in [-0.25, -0.2) is 4.98 Å². The lowest BCUT2D eigenvalue weighted by molar-refractivity contribution is -0.111. The van der Waals surface area contributed by atoms with Crippen LogP contribution in [0.3, 0.4) is 0 Å². The lowest BCUT2D eigenvalue weighted by Gasteiger charge is -2.08. The van der Waals surface area contributed by atoms with Crippen molar-refractivity contribution in [3.8, 4) is 5.75 Å². The molecule has 2 aromatic carbocycles. The fourth-order valence-corrected chi connectivity index (χ4v) is 2.27. The SMILES string of the molecule is COc1ccc(NC(=O)/C=C/c2nc3ccccc3o2)cc1CO. The number of anilines is 1. The summed E-state index contributed by atoms with van der Waals surface area (Å²) in [6.07, 6.45) is 2.85. The smallest absolute Gasteiger partial charge is 0.248 e. The second-order valence-corrected chi connectivity index (χ2v) is 5.03. The van der Waals surface area contributed by atoms with Gasteiger partial charge in [0.2, 0.25) is 11.8 Å². The first kappa shape index (κ1) is 15.8. The Labute approximate surface area is 138 Å². The third-order valence-corrected chi connectivity index (χ3v) is 3.41. The molecule has 3 rings (SSSR count). The predicted molar refractivity (Wildman–Crippen MR) is 90.6 cm³/mol. The van der Waals surface area contributed by atoms with Crippen molar-refractivity contribution in [2.45, 2.75) is 6.61 Å². The summed E-state index contributed by atoms with van der Waals surface area (Å²) in [7, 11) is 1.52. The maximum absolute atomic E-state index is 12.0. The number of aromatic nitrogens is 1. The van der Waals surface area contributed by atoms with Gasteiger partial charge in [0.15, 0.2) is 5.58 Å². The number of aliphatic hydroxyl groups excluding tert-OH is 1. The standard InChI is InChI=1S/C18H16N2O4/c1-23-15-7-6-13(10-12(15)11-21)19-17(22)8-9-18-20-14-4-2-3-5-16(14)24-18/h2-10,21H,11H2,1H3,(H,19,22)/b9-8+. The zero-order valence-electron chi connectivity index (χ0n) is 13.0. The summed E-state index contributed by atoms with van der Waals surface area (Å²) >= 11 is 0. The molecule has 0 spiro atoms. The Bertz CT molecular complexity index is 866. The molecule has 2 N–H and O–H groups in total. The average molecular weight is 324 g/mol. The van der Waals surface area contributed by atoms with Gasteiger partial charge in [0.05, 0.1) is 13.7 Å². The van der Waals surface area contributed by atoms with Gasteiger partial charge in [0, 0.05) is 23.4 Å². The molecule has 0 saturated heterocycles. The van der Waals surface area contributed by atoms with Gasteiger partial charge in [-0.15, -0.1) is 0 Å². The summed E-state index contributed by atoms with van der Waals surface area (Å²) in [5.74, 6) is 0.598. The van der Waals surface area contributed by atoms with Crippen LogP contribution in [0.4, 0.5) is 5.69 Å². The third kappa shape index (κ3) is 3.44.